The summed E-state index contributed by atoms with van der Waals surface area (Å²) in [5.41, 5.74) is 3.25. The second-order valence-corrected chi connectivity index (χ2v) is 9.82. The van der Waals surface area contributed by atoms with Crippen molar-refractivity contribution in [3.05, 3.63) is 89.5 Å². The van der Waals surface area contributed by atoms with E-state index in [0.717, 1.165) is 11.1 Å². The van der Waals surface area contributed by atoms with Crippen LogP contribution in [0, 0.1) is 12.7 Å². The summed E-state index contributed by atoms with van der Waals surface area (Å²) in [4.78, 5) is 4.63. The van der Waals surface area contributed by atoms with Crippen molar-refractivity contribution in [1.82, 2.24) is 9.55 Å². The van der Waals surface area contributed by atoms with Gasteiger partial charge in [0.25, 0.3) is 0 Å². The third kappa shape index (κ3) is 4.01. The quantitative estimate of drug-likeness (QED) is 0.366. The van der Waals surface area contributed by atoms with Crippen molar-refractivity contribution in [2.75, 3.05) is 5.75 Å². The van der Waals surface area contributed by atoms with E-state index in [4.69, 9.17) is 11.6 Å². The van der Waals surface area contributed by atoms with Crippen LogP contribution in [0.15, 0.2) is 78.0 Å². The highest BCUT2D eigenvalue weighted by atomic mass is 35.5. The van der Waals surface area contributed by atoms with E-state index < -0.39 is 15.7 Å². The van der Waals surface area contributed by atoms with E-state index in [2.05, 4.69) is 4.98 Å². The molecule has 4 nitrogen and oxygen atoms in total. The molecule has 0 aliphatic rings. The molecule has 31 heavy (non-hydrogen) atoms. The van der Waals surface area contributed by atoms with E-state index in [0.29, 0.717) is 27.7 Å². The van der Waals surface area contributed by atoms with Gasteiger partial charge in [-0.1, -0.05) is 48.9 Å². The second-order valence-electron chi connectivity index (χ2n) is 7.13. The molecule has 0 spiro atoms. The van der Waals surface area contributed by atoms with E-state index in [1.165, 1.54) is 6.07 Å². The molecule has 7 heteroatoms. The minimum Gasteiger partial charge on any atom is -0.297 e. The predicted octanol–water partition coefficient (Wildman–Crippen LogP) is 6.10. The van der Waals surface area contributed by atoms with Gasteiger partial charge < -0.3 is 0 Å². The first-order valence-electron chi connectivity index (χ1n) is 9.74. The SMILES string of the molecule is CCS(=O)(=O)c1cccc(-c2ccc(-n3ccnc3-c3cccc(Cl)c3C)c(F)c2)c1. The Labute approximate surface area is 185 Å². The first-order chi connectivity index (χ1) is 14.8. The number of hydrogen-bond acceptors (Lipinski definition) is 3. The molecule has 1 aromatic heterocycles. The van der Waals surface area contributed by atoms with Gasteiger partial charge in [0, 0.05) is 23.0 Å². The maximum absolute atomic E-state index is 15.2. The van der Waals surface area contributed by atoms with Crippen LogP contribution in [-0.4, -0.2) is 23.7 Å². The van der Waals surface area contributed by atoms with Crippen molar-refractivity contribution in [2.45, 2.75) is 18.7 Å². The molecule has 158 valence electrons. The Hall–Kier alpha value is -2.96. The fourth-order valence-electron chi connectivity index (χ4n) is 3.46. The molecule has 0 aliphatic carbocycles. The number of aromatic nitrogens is 2. The Morgan fingerprint density at radius 1 is 1.03 bits per heavy atom. The molecule has 0 fully saturated rings. The molecule has 0 amide bonds. The Balaban J connectivity index is 1.77. The van der Waals surface area contributed by atoms with Gasteiger partial charge in [0.15, 0.2) is 9.84 Å². The first kappa shape index (κ1) is 21.3. The topological polar surface area (TPSA) is 52.0 Å². The van der Waals surface area contributed by atoms with Gasteiger partial charge in [-0.3, -0.25) is 4.57 Å². The molecule has 0 saturated carbocycles. The molecule has 0 unspecified atom stereocenters. The molecule has 4 rings (SSSR count). The largest absolute Gasteiger partial charge is 0.297 e. The Bertz CT molecular complexity index is 1380. The molecule has 0 radical (unpaired) electrons. The predicted molar refractivity (Wildman–Crippen MR) is 122 cm³/mol. The molecule has 0 bridgehead atoms. The lowest BCUT2D eigenvalue weighted by Crippen LogP contribution is -2.03. The minimum atomic E-state index is -3.34. The average Bonchev–Trinajstić information content (AvgIpc) is 3.25. The summed E-state index contributed by atoms with van der Waals surface area (Å²) in [6.07, 6.45) is 3.31. The van der Waals surface area contributed by atoms with E-state index in [1.54, 1.807) is 66.3 Å². The normalized spacial score (nSPS) is 11.6. The third-order valence-corrected chi connectivity index (χ3v) is 7.40. The standard InChI is InChI=1S/C24H20ClFN2O2S/c1-3-31(29,30)19-7-4-6-17(14-19)18-10-11-23(22(26)15-18)28-13-12-27-24(28)20-8-5-9-21(25)16(20)2/h4-15H,3H2,1-2H3. The maximum Gasteiger partial charge on any atom is 0.178 e. The van der Waals surface area contributed by atoms with Crippen LogP contribution in [0.4, 0.5) is 4.39 Å². The highest BCUT2D eigenvalue weighted by Crippen LogP contribution is 2.31. The molecule has 0 aliphatic heterocycles. The van der Waals surface area contributed by atoms with Crippen LogP contribution < -0.4 is 0 Å². The number of benzene rings is 3. The van der Waals surface area contributed by atoms with Crippen LogP contribution in [0.5, 0.6) is 0 Å². The summed E-state index contributed by atoms with van der Waals surface area (Å²) in [6.45, 7) is 3.49. The second kappa shape index (κ2) is 8.29. The van der Waals surface area contributed by atoms with E-state index in [1.807, 2.05) is 19.1 Å². The molecule has 4 aromatic rings. The van der Waals surface area contributed by atoms with Crippen molar-refractivity contribution < 1.29 is 12.8 Å². The van der Waals surface area contributed by atoms with Crippen LogP contribution in [0.1, 0.15) is 12.5 Å². The van der Waals surface area contributed by atoms with Crippen molar-refractivity contribution in [1.29, 1.82) is 0 Å². The smallest absolute Gasteiger partial charge is 0.178 e. The molecule has 0 N–H and O–H groups in total. The van der Waals surface area contributed by atoms with E-state index in [9.17, 15) is 8.42 Å². The lowest BCUT2D eigenvalue weighted by atomic mass is 10.0. The van der Waals surface area contributed by atoms with Crippen LogP contribution >= 0.6 is 11.6 Å². The summed E-state index contributed by atoms with van der Waals surface area (Å²) >= 11 is 6.25. The highest BCUT2D eigenvalue weighted by molar-refractivity contribution is 7.91. The van der Waals surface area contributed by atoms with Gasteiger partial charge in [-0.25, -0.2) is 17.8 Å². The number of sulfone groups is 1. The van der Waals surface area contributed by atoms with Crippen LogP contribution in [0.2, 0.25) is 5.02 Å². The Morgan fingerprint density at radius 2 is 1.77 bits per heavy atom. The molecule has 3 aromatic carbocycles. The van der Waals surface area contributed by atoms with Crippen LogP contribution in [0.3, 0.4) is 0 Å². The van der Waals surface area contributed by atoms with Crippen molar-refractivity contribution in [2.24, 2.45) is 0 Å². The number of hydrogen-bond donors (Lipinski definition) is 0. The summed E-state index contributed by atoms with van der Waals surface area (Å²) in [7, 11) is -3.34. The lowest BCUT2D eigenvalue weighted by Gasteiger charge is -2.13. The molecule has 0 saturated heterocycles. The third-order valence-electron chi connectivity index (χ3n) is 5.26. The number of halogens is 2. The van der Waals surface area contributed by atoms with Crippen molar-refractivity contribution in [3.63, 3.8) is 0 Å². The Morgan fingerprint density at radius 3 is 2.52 bits per heavy atom. The zero-order valence-electron chi connectivity index (χ0n) is 17.0. The molecule has 0 atom stereocenters. The van der Waals surface area contributed by atoms with Gasteiger partial charge in [-0.2, -0.15) is 0 Å². The fraction of sp³-hybridized carbons (Fsp3) is 0.125. The van der Waals surface area contributed by atoms with Gasteiger partial charge in [-0.05, 0) is 53.9 Å². The monoisotopic (exact) mass is 454 g/mol. The van der Waals surface area contributed by atoms with Crippen molar-refractivity contribution >= 4 is 21.4 Å². The summed E-state index contributed by atoms with van der Waals surface area (Å²) in [5, 5.41) is 0.616. The minimum absolute atomic E-state index is 0.01000. The molecular formula is C24H20ClFN2O2S. The zero-order chi connectivity index (χ0) is 22.2. The molecular weight excluding hydrogens is 435 g/mol. The lowest BCUT2D eigenvalue weighted by molar-refractivity contribution is 0.597. The zero-order valence-corrected chi connectivity index (χ0v) is 18.6. The van der Waals surface area contributed by atoms with E-state index >= 15 is 4.39 Å². The van der Waals surface area contributed by atoms with Gasteiger partial charge >= 0.3 is 0 Å². The van der Waals surface area contributed by atoms with Crippen LogP contribution in [-0.2, 0) is 9.84 Å². The average molecular weight is 455 g/mol. The Kier molecular flexibility index (Phi) is 5.69. The first-order valence-corrected chi connectivity index (χ1v) is 11.8. The molecule has 1 heterocycles. The number of nitrogens with zero attached hydrogens (tertiary/aromatic N) is 2. The fourth-order valence-corrected chi connectivity index (χ4v) is 4.56. The van der Waals surface area contributed by atoms with Crippen molar-refractivity contribution in [3.8, 4) is 28.2 Å². The maximum atomic E-state index is 15.2. The van der Waals surface area contributed by atoms with Gasteiger partial charge in [-0.15, -0.1) is 0 Å². The van der Waals surface area contributed by atoms with Gasteiger partial charge in [0.05, 0.1) is 16.3 Å². The summed E-state index contributed by atoms with van der Waals surface area (Å²) in [6, 6.07) is 16.9. The van der Waals surface area contributed by atoms with Gasteiger partial charge in [0.1, 0.15) is 11.6 Å². The number of imidazole rings is 1. The summed E-state index contributed by atoms with van der Waals surface area (Å²) < 4.78 is 41.2. The van der Waals surface area contributed by atoms with E-state index in [-0.39, 0.29) is 10.6 Å². The highest BCUT2D eigenvalue weighted by Gasteiger charge is 2.16. The van der Waals surface area contributed by atoms with Gasteiger partial charge in [0.2, 0.25) is 0 Å². The number of rotatable bonds is 5. The van der Waals surface area contributed by atoms with Crippen LogP contribution in [0.25, 0.3) is 28.2 Å². The summed E-state index contributed by atoms with van der Waals surface area (Å²) in [5.74, 6) is 0.152.